The van der Waals surface area contributed by atoms with Crippen LogP contribution in [0.25, 0.3) is 99.1 Å². The van der Waals surface area contributed by atoms with Gasteiger partial charge in [-0.2, -0.15) is 0 Å². The zero-order valence-corrected chi connectivity index (χ0v) is 30.5. The summed E-state index contributed by atoms with van der Waals surface area (Å²) in [6.45, 7) is 0. The first-order valence-electron chi connectivity index (χ1n) is 18.3. The van der Waals surface area contributed by atoms with Crippen molar-refractivity contribution in [3.05, 3.63) is 194 Å². The molecule has 0 saturated heterocycles. The van der Waals surface area contributed by atoms with Crippen LogP contribution in [0.4, 0.5) is 0 Å². The molecule has 0 spiro atoms. The Kier molecular flexibility index (Phi) is 8.32. The fraction of sp³-hybridized carbons (Fsp3) is 0. The van der Waals surface area contributed by atoms with Gasteiger partial charge < -0.3 is 0 Å². The van der Waals surface area contributed by atoms with Gasteiger partial charge in [0.2, 0.25) is 0 Å². The Morgan fingerprint density at radius 1 is 0.327 bits per heavy atom. The number of nitrogens with zero attached hydrogens (tertiary/aromatic N) is 4. The Morgan fingerprint density at radius 2 is 0.800 bits per heavy atom. The lowest BCUT2D eigenvalue weighted by Gasteiger charge is -2.11. The van der Waals surface area contributed by atoms with E-state index in [1.54, 1.807) is 0 Å². The van der Waals surface area contributed by atoms with Gasteiger partial charge in [-0.3, -0.25) is 0 Å². The number of rotatable bonds is 7. The Bertz CT molecular complexity index is 2940. The van der Waals surface area contributed by atoms with Crippen molar-refractivity contribution in [2.24, 2.45) is 0 Å². The minimum Gasteiger partial charge on any atom is -0.247 e. The largest absolute Gasteiger partial charge is 0.247 e. The highest BCUT2D eigenvalue weighted by Crippen LogP contribution is 2.50. The first-order valence-corrected chi connectivity index (χ1v) is 19.1. The standard InChI is InChI=1S/C50H32N4S/c1-5-16-33(17-6-1)39-24-15-25-40(32-39)50-53-48(37-22-11-4-12-23-37)52-49(54-50)38-30-28-36(29-31-38)46-43(34-18-7-2-8-19-34)44-45(35-20-9-3-10-21-35)51-42-27-14-13-26-41(42)47(44)55-46/h1-32H. The van der Waals surface area contributed by atoms with Gasteiger partial charge in [0, 0.05) is 48.2 Å². The quantitative estimate of drug-likeness (QED) is 0.164. The molecule has 0 aliphatic carbocycles. The molecule has 3 heterocycles. The fourth-order valence-electron chi connectivity index (χ4n) is 7.26. The zero-order chi connectivity index (χ0) is 36.6. The Morgan fingerprint density at radius 3 is 1.45 bits per heavy atom. The highest BCUT2D eigenvalue weighted by molar-refractivity contribution is 7.24. The molecule has 0 unspecified atom stereocenters. The summed E-state index contributed by atoms with van der Waals surface area (Å²) < 4.78 is 1.23. The van der Waals surface area contributed by atoms with Crippen LogP contribution < -0.4 is 0 Å². The molecule has 10 rings (SSSR count). The van der Waals surface area contributed by atoms with Crippen molar-refractivity contribution >= 4 is 32.3 Å². The van der Waals surface area contributed by atoms with E-state index in [1.807, 2.05) is 47.7 Å². The van der Waals surface area contributed by atoms with Gasteiger partial charge in [0.25, 0.3) is 0 Å². The van der Waals surface area contributed by atoms with Crippen molar-refractivity contribution in [3.8, 4) is 78.1 Å². The van der Waals surface area contributed by atoms with Gasteiger partial charge in [0.05, 0.1) is 11.2 Å². The summed E-state index contributed by atoms with van der Waals surface area (Å²) in [6, 6.07) is 67.3. The molecule has 0 fully saturated rings. The van der Waals surface area contributed by atoms with Gasteiger partial charge in [-0.15, -0.1) is 11.3 Å². The predicted molar refractivity (Wildman–Crippen MR) is 229 cm³/mol. The van der Waals surface area contributed by atoms with Crippen molar-refractivity contribution in [1.82, 2.24) is 19.9 Å². The maximum Gasteiger partial charge on any atom is 0.164 e. The Hall–Kier alpha value is -7.08. The molecule has 0 bridgehead atoms. The molecule has 0 N–H and O–H groups in total. The third-order valence-electron chi connectivity index (χ3n) is 9.94. The van der Waals surface area contributed by atoms with E-state index in [1.165, 1.54) is 20.5 Å². The summed E-state index contributed by atoms with van der Waals surface area (Å²) in [6.07, 6.45) is 0. The SMILES string of the molecule is c1ccc(-c2cccc(-c3nc(-c4ccccc4)nc(-c4ccc(-c5sc6c(c(-c7ccccc7)nc7ccccc76)c5-c5ccccc5)cc4)n3)c2)cc1. The van der Waals surface area contributed by atoms with E-state index in [9.17, 15) is 0 Å². The van der Waals surface area contributed by atoms with Crippen LogP contribution in [0.15, 0.2) is 194 Å². The van der Waals surface area contributed by atoms with E-state index in [0.717, 1.165) is 61.1 Å². The number of para-hydroxylation sites is 1. The summed E-state index contributed by atoms with van der Waals surface area (Å²) in [5.74, 6) is 1.90. The second kappa shape index (κ2) is 14.0. The molecule has 55 heavy (non-hydrogen) atoms. The van der Waals surface area contributed by atoms with E-state index < -0.39 is 0 Å². The molecule has 0 atom stereocenters. The van der Waals surface area contributed by atoms with Crippen LogP contribution in [0.2, 0.25) is 0 Å². The summed E-state index contributed by atoms with van der Waals surface area (Å²) >= 11 is 1.83. The summed E-state index contributed by atoms with van der Waals surface area (Å²) in [7, 11) is 0. The van der Waals surface area contributed by atoms with Crippen molar-refractivity contribution in [1.29, 1.82) is 0 Å². The number of fused-ring (bicyclic) bond motifs is 3. The van der Waals surface area contributed by atoms with Crippen LogP contribution in [-0.4, -0.2) is 19.9 Å². The normalized spacial score (nSPS) is 11.3. The first-order chi connectivity index (χ1) is 27.3. The molecule has 4 nitrogen and oxygen atoms in total. The Labute approximate surface area is 323 Å². The molecule has 258 valence electrons. The maximum atomic E-state index is 5.29. The number of hydrogen-bond donors (Lipinski definition) is 0. The smallest absolute Gasteiger partial charge is 0.164 e. The molecule has 5 heteroatoms. The average Bonchev–Trinajstić information content (AvgIpc) is 3.68. The molecule has 0 radical (unpaired) electrons. The topological polar surface area (TPSA) is 51.6 Å². The third-order valence-corrected chi connectivity index (χ3v) is 11.2. The maximum absolute atomic E-state index is 5.29. The van der Waals surface area contributed by atoms with E-state index in [0.29, 0.717) is 17.5 Å². The van der Waals surface area contributed by atoms with Crippen molar-refractivity contribution in [2.45, 2.75) is 0 Å². The molecule has 0 aliphatic heterocycles. The van der Waals surface area contributed by atoms with Crippen LogP contribution in [0.3, 0.4) is 0 Å². The number of benzene rings is 7. The zero-order valence-electron chi connectivity index (χ0n) is 29.7. The lowest BCUT2D eigenvalue weighted by atomic mass is 9.95. The molecular weight excluding hydrogens is 689 g/mol. The highest BCUT2D eigenvalue weighted by atomic mass is 32.1. The van der Waals surface area contributed by atoms with Crippen molar-refractivity contribution in [2.75, 3.05) is 0 Å². The monoisotopic (exact) mass is 720 g/mol. The average molecular weight is 721 g/mol. The molecule has 7 aromatic carbocycles. The molecule has 3 aromatic heterocycles. The summed E-state index contributed by atoms with van der Waals surface area (Å²) in [5.41, 5.74) is 11.6. The van der Waals surface area contributed by atoms with Gasteiger partial charge in [0.15, 0.2) is 17.5 Å². The van der Waals surface area contributed by atoms with Crippen LogP contribution in [0.5, 0.6) is 0 Å². The van der Waals surface area contributed by atoms with E-state index >= 15 is 0 Å². The van der Waals surface area contributed by atoms with Crippen LogP contribution >= 0.6 is 11.3 Å². The summed E-state index contributed by atoms with van der Waals surface area (Å²) in [5, 5.41) is 2.33. The van der Waals surface area contributed by atoms with E-state index in [2.05, 4.69) is 158 Å². The van der Waals surface area contributed by atoms with Crippen molar-refractivity contribution in [3.63, 3.8) is 0 Å². The predicted octanol–water partition coefficient (Wildman–Crippen LogP) is 13.3. The van der Waals surface area contributed by atoms with Crippen molar-refractivity contribution < 1.29 is 0 Å². The van der Waals surface area contributed by atoms with Crippen LogP contribution in [0.1, 0.15) is 0 Å². The second-order valence-corrected chi connectivity index (χ2v) is 14.4. The van der Waals surface area contributed by atoms with Gasteiger partial charge in [-0.1, -0.05) is 182 Å². The molecular formula is C50H32N4S. The van der Waals surface area contributed by atoms with Crippen LogP contribution in [0, 0.1) is 0 Å². The molecule has 0 amide bonds. The van der Waals surface area contributed by atoms with E-state index in [-0.39, 0.29) is 0 Å². The third kappa shape index (κ3) is 6.17. The number of hydrogen-bond acceptors (Lipinski definition) is 5. The first kappa shape index (κ1) is 32.6. The minimum absolute atomic E-state index is 0.627. The second-order valence-electron chi connectivity index (χ2n) is 13.4. The number of thiophene rings is 1. The highest BCUT2D eigenvalue weighted by Gasteiger charge is 2.23. The number of pyridine rings is 1. The van der Waals surface area contributed by atoms with Gasteiger partial charge in [-0.25, -0.2) is 19.9 Å². The molecule has 10 aromatic rings. The van der Waals surface area contributed by atoms with Gasteiger partial charge >= 0.3 is 0 Å². The van der Waals surface area contributed by atoms with E-state index in [4.69, 9.17) is 19.9 Å². The number of aromatic nitrogens is 4. The minimum atomic E-state index is 0.627. The molecule has 0 aliphatic rings. The summed E-state index contributed by atoms with van der Waals surface area (Å²) in [4.78, 5) is 21.6. The fourth-order valence-corrected chi connectivity index (χ4v) is 8.63. The lowest BCUT2D eigenvalue weighted by Crippen LogP contribution is -2.00. The lowest BCUT2D eigenvalue weighted by molar-refractivity contribution is 1.07. The van der Waals surface area contributed by atoms with Gasteiger partial charge in [-0.05, 0) is 34.4 Å². The van der Waals surface area contributed by atoms with Crippen LogP contribution in [-0.2, 0) is 0 Å². The Balaban J connectivity index is 1.14. The molecule has 0 saturated carbocycles. The van der Waals surface area contributed by atoms with Gasteiger partial charge in [0.1, 0.15) is 0 Å².